The maximum atomic E-state index is 10.4. The minimum Gasteiger partial charge on any atom is -0.388 e. The van der Waals surface area contributed by atoms with Gasteiger partial charge in [-0.25, -0.2) is 0 Å². The number of hydrogen-bond acceptors (Lipinski definition) is 1. The summed E-state index contributed by atoms with van der Waals surface area (Å²) in [6, 6.07) is 14.5. The minimum atomic E-state index is -0.468. The second-order valence-electron chi connectivity index (χ2n) is 5.28. The molecule has 1 nitrogen and oxygen atoms in total. The monoisotopic (exact) mass is 444 g/mol. The Morgan fingerprint density at radius 3 is 2.35 bits per heavy atom. The van der Waals surface area contributed by atoms with Gasteiger partial charge in [-0.2, -0.15) is 0 Å². The smallest absolute Gasteiger partial charge is 0.0840 e. The van der Waals surface area contributed by atoms with Crippen LogP contribution < -0.4 is 0 Å². The molecule has 0 spiro atoms. The van der Waals surface area contributed by atoms with Gasteiger partial charge in [0.05, 0.1) is 6.10 Å². The zero-order valence-electron chi connectivity index (χ0n) is 11.6. The Balaban J connectivity index is 2.14. The molecule has 2 aromatic carbocycles. The van der Waals surface area contributed by atoms with E-state index in [1.54, 1.807) is 0 Å². The summed E-state index contributed by atoms with van der Waals surface area (Å²) in [5.41, 5.74) is 3.48. The first-order valence-corrected chi connectivity index (χ1v) is 8.56. The van der Waals surface area contributed by atoms with Crippen molar-refractivity contribution in [3.8, 4) is 0 Å². The van der Waals surface area contributed by atoms with E-state index in [0.29, 0.717) is 12.3 Å². The molecule has 1 atom stereocenters. The van der Waals surface area contributed by atoms with Crippen LogP contribution in [-0.4, -0.2) is 5.11 Å². The van der Waals surface area contributed by atoms with Crippen LogP contribution in [0.15, 0.2) is 46.9 Å². The summed E-state index contributed by atoms with van der Waals surface area (Å²) < 4.78 is 2.10. The molecule has 106 valence electrons. The Kier molecular flexibility index (Phi) is 5.64. The van der Waals surface area contributed by atoms with Crippen molar-refractivity contribution in [1.82, 2.24) is 0 Å². The highest BCUT2D eigenvalue weighted by Gasteiger charge is 2.12. The lowest BCUT2D eigenvalue weighted by Crippen LogP contribution is -2.04. The first-order valence-electron chi connectivity index (χ1n) is 6.69. The van der Waals surface area contributed by atoms with Gasteiger partial charge in [-0.1, -0.05) is 54.0 Å². The van der Waals surface area contributed by atoms with Crippen molar-refractivity contribution in [2.24, 2.45) is 0 Å². The maximum Gasteiger partial charge on any atom is 0.0840 e. The average Bonchev–Trinajstić information content (AvgIpc) is 2.42. The molecular formula is C17H18BrIO. The van der Waals surface area contributed by atoms with Crippen LogP contribution in [0.25, 0.3) is 0 Å². The van der Waals surface area contributed by atoms with Gasteiger partial charge >= 0.3 is 0 Å². The Labute approximate surface area is 142 Å². The molecule has 0 bridgehead atoms. The van der Waals surface area contributed by atoms with E-state index in [-0.39, 0.29) is 0 Å². The van der Waals surface area contributed by atoms with E-state index in [2.05, 4.69) is 76.6 Å². The van der Waals surface area contributed by atoms with Crippen LogP contribution >= 0.6 is 38.5 Å². The summed E-state index contributed by atoms with van der Waals surface area (Å²) in [6.07, 6.45) is 0.175. The summed E-state index contributed by atoms with van der Waals surface area (Å²) in [5, 5.41) is 10.4. The first kappa shape index (κ1) is 16.0. The Bertz CT molecular complexity index is 578. The van der Waals surface area contributed by atoms with Crippen LogP contribution in [0.1, 0.15) is 42.6 Å². The molecule has 0 aliphatic rings. The molecule has 0 aliphatic heterocycles. The number of hydrogen-bond donors (Lipinski definition) is 1. The predicted octanol–water partition coefficient (Wildman–Crippen LogP) is 5.45. The lowest BCUT2D eigenvalue weighted by Gasteiger charge is -2.14. The third-order valence-electron chi connectivity index (χ3n) is 3.39. The average molecular weight is 445 g/mol. The van der Waals surface area contributed by atoms with Gasteiger partial charge in [0.2, 0.25) is 0 Å². The normalized spacial score (nSPS) is 12.7. The van der Waals surface area contributed by atoms with E-state index in [1.165, 1.54) is 5.56 Å². The molecule has 2 aromatic rings. The molecule has 0 aliphatic carbocycles. The first-order chi connectivity index (χ1) is 9.47. The summed E-state index contributed by atoms with van der Waals surface area (Å²) in [6.45, 7) is 4.38. The van der Waals surface area contributed by atoms with Gasteiger partial charge in [0.15, 0.2) is 0 Å². The van der Waals surface area contributed by atoms with Gasteiger partial charge in [-0.05, 0) is 63.4 Å². The number of halogens is 2. The van der Waals surface area contributed by atoms with Crippen molar-refractivity contribution >= 4 is 38.5 Å². The van der Waals surface area contributed by atoms with E-state index < -0.39 is 6.10 Å². The highest BCUT2D eigenvalue weighted by molar-refractivity contribution is 14.1. The second-order valence-corrected chi connectivity index (χ2v) is 7.36. The largest absolute Gasteiger partial charge is 0.388 e. The van der Waals surface area contributed by atoms with Crippen LogP contribution in [0.4, 0.5) is 0 Å². The second kappa shape index (κ2) is 7.05. The van der Waals surface area contributed by atoms with Gasteiger partial charge in [-0.15, -0.1) is 0 Å². The molecule has 0 radical (unpaired) electrons. The molecule has 0 fully saturated rings. The molecule has 20 heavy (non-hydrogen) atoms. The third-order valence-corrected chi connectivity index (χ3v) is 4.87. The topological polar surface area (TPSA) is 20.2 Å². The lowest BCUT2D eigenvalue weighted by molar-refractivity contribution is 0.177. The quantitative estimate of drug-likeness (QED) is 0.621. The summed E-state index contributed by atoms with van der Waals surface area (Å²) >= 11 is 5.73. The zero-order valence-corrected chi connectivity index (χ0v) is 15.3. The van der Waals surface area contributed by atoms with Crippen LogP contribution in [0, 0.1) is 3.57 Å². The lowest BCUT2D eigenvalue weighted by atomic mass is 9.97. The van der Waals surface area contributed by atoms with E-state index in [0.717, 1.165) is 19.2 Å². The third kappa shape index (κ3) is 4.06. The molecule has 0 saturated carbocycles. The summed E-state index contributed by atoms with van der Waals surface area (Å²) in [5.74, 6) is 0.542. The number of rotatable bonds is 4. The van der Waals surface area contributed by atoms with E-state index in [1.807, 2.05) is 18.2 Å². The van der Waals surface area contributed by atoms with Crippen molar-refractivity contribution in [2.75, 3.05) is 0 Å². The predicted molar refractivity (Wildman–Crippen MR) is 96.1 cm³/mol. The van der Waals surface area contributed by atoms with Crippen molar-refractivity contribution in [3.05, 3.63) is 67.2 Å². The van der Waals surface area contributed by atoms with Gasteiger partial charge in [0, 0.05) is 14.5 Å². The Morgan fingerprint density at radius 1 is 1.10 bits per heavy atom. The molecule has 0 saturated heterocycles. The summed E-state index contributed by atoms with van der Waals surface area (Å²) in [4.78, 5) is 0. The molecule has 0 amide bonds. The molecule has 2 rings (SSSR count). The van der Waals surface area contributed by atoms with Crippen LogP contribution in [-0.2, 0) is 6.42 Å². The summed E-state index contributed by atoms with van der Waals surface area (Å²) in [7, 11) is 0. The molecule has 0 aromatic heterocycles. The van der Waals surface area contributed by atoms with Gasteiger partial charge < -0.3 is 5.11 Å². The van der Waals surface area contributed by atoms with Crippen molar-refractivity contribution < 1.29 is 5.11 Å². The van der Waals surface area contributed by atoms with Crippen molar-refractivity contribution in [2.45, 2.75) is 32.3 Å². The van der Waals surface area contributed by atoms with Gasteiger partial charge in [0.1, 0.15) is 0 Å². The van der Waals surface area contributed by atoms with Gasteiger partial charge in [-0.3, -0.25) is 0 Å². The highest BCUT2D eigenvalue weighted by atomic mass is 127. The molecular weight excluding hydrogens is 427 g/mol. The highest BCUT2D eigenvalue weighted by Crippen LogP contribution is 2.27. The molecule has 1 N–H and O–H groups in total. The maximum absolute atomic E-state index is 10.4. The van der Waals surface area contributed by atoms with E-state index in [9.17, 15) is 5.11 Å². The van der Waals surface area contributed by atoms with Crippen LogP contribution in [0.3, 0.4) is 0 Å². The SMILES string of the molecule is CC(C)c1ccc(CC(O)c2cc(Br)ccc2I)cc1. The fraction of sp³-hybridized carbons (Fsp3) is 0.294. The van der Waals surface area contributed by atoms with Crippen LogP contribution in [0.5, 0.6) is 0 Å². The molecule has 3 heteroatoms. The fourth-order valence-electron chi connectivity index (χ4n) is 2.14. The molecule has 0 heterocycles. The van der Waals surface area contributed by atoms with Crippen molar-refractivity contribution in [3.63, 3.8) is 0 Å². The number of benzene rings is 2. The minimum absolute atomic E-state index is 0.468. The Hall–Kier alpha value is -0.390. The van der Waals surface area contributed by atoms with E-state index >= 15 is 0 Å². The number of aliphatic hydroxyl groups is 1. The fourth-order valence-corrected chi connectivity index (χ4v) is 3.22. The molecule has 1 unspecified atom stereocenters. The number of aliphatic hydroxyl groups excluding tert-OH is 1. The zero-order chi connectivity index (χ0) is 14.7. The van der Waals surface area contributed by atoms with Crippen LogP contribution in [0.2, 0.25) is 0 Å². The van der Waals surface area contributed by atoms with Crippen molar-refractivity contribution in [1.29, 1.82) is 0 Å². The standard InChI is InChI=1S/C17H18BrIO/c1-11(2)13-5-3-12(4-6-13)9-17(20)15-10-14(18)7-8-16(15)19/h3-8,10-11,17,20H,9H2,1-2H3. The Morgan fingerprint density at radius 2 is 1.75 bits per heavy atom. The van der Waals surface area contributed by atoms with Gasteiger partial charge in [0.25, 0.3) is 0 Å². The van der Waals surface area contributed by atoms with E-state index in [4.69, 9.17) is 0 Å².